The third kappa shape index (κ3) is 3.23. The molecule has 7 nitrogen and oxygen atoms in total. The fourth-order valence-electron chi connectivity index (χ4n) is 5.19. The molecule has 1 aliphatic heterocycles. The lowest BCUT2D eigenvalue weighted by Crippen LogP contribution is -2.40. The first-order valence-corrected chi connectivity index (χ1v) is 11.3. The fourth-order valence-corrected chi connectivity index (χ4v) is 5.19. The number of aromatic amines is 1. The molecule has 2 aliphatic rings. The molecule has 1 aliphatic carbocycles. The van der Waals surface area contributed by atoms with Crippen LogP contribution in [-0.2, 0) is 35.5 Å². The number of esters is 1. The monoisotopic (exact) mass is 420 g/mol. The van der Waals surface area contributed by atoms with Gasteiger partial charge in [-0.25, -0.2) is 4.79 Å². The van der Waals surface area contributed by atoms with E-state index in [9.17, 15) is 9.59 Å². The summed E-state index contributed by atoms with van der Waals surface area (Å²) in [6, 6.07) is 8.29. The number of nitrogens with one attached hydrogen (secondary N) is 1. The summed E-state index contributed by atoms with van der Waals surface area (Å²) in [5.74, 6) is -0.432. The van der Waals surface area contributed by atoms with Crippen LogP contribution in [0.15, 0.2) is 24.3 Å². The summed E-state index contributed by atoms with van der Waals surface area (Å²) in [5.41, 5.74) is 5.69. The number of nitrogens with zero attached hydrogens (tertiary/aromatic N) is 3. The number of hydrogen-bond donors (Lipinski definition) is 1. The van der Waals surface area contributed by atoms with Gasteiger partial charge in [0.05, 0.1) is 12.5 Å². The van der Waals surface area contributed by atoms with Gasteiger partial charge < -0.3 is 14.6 Å². The van der Waals surface area contributed by atoms with Crippen molar-refractivity contribution in [1.82, 2.24) is 19.7 Å². The Kier molecular flexibility index (Phi) is 5.04. The first kappa shape index (κ1) is 19.8. The smallest absolute Gasteiger partial charge is 0.359 e. The number of amides is 1. The largest absolute Gasteiger partial charge is 0.461 e. The van der Waals surface area contributed by atoms with Gasteiger partial charge in [-0.05, 0) is 44.7 Å². The number of carbonyl (C=O) groups is 2. The van der Waals surface area contributed by atoms with Crippen molar-refractivity contribution in [2.24, 2.45) is 0 Å². The van der Waals surface area contributed by atoms with Crippen LogP contribution in [0.3, 0.4) is 0 Å². The van der Waals surface area contributed by atoms with Gasteiger partial charge in [-0.15, -0.1) is 0 Å². The maximum absolute atomic E-state index is 13.6. The van der Waals surface area contributed by atoms with Gasteiger partial charge in [0.1, 0.15) is 0 Å². The quantitative estimate of drug-likeness (QED) is 0.655. The highest BCUT2D eigenvalue weighted by atomic mass is 16.5. The molecule has 1 amide bonds. The zero-order chi connectivity index (χ0) is 21.5. The fraction of sp³-hybridized carbons (Fsp3) is 0.458. The van der Waals surface area contributed by atoms with E-state index in [-0.39, 0.29) is 11.8 Å². The van der Waals surface area contributed by atoms with Crippen molar-refractivity contribution in [3.05, 3.63) is 52.5 Å². The minimum atomic E-state index is -0.407. The van der Waals surface area contributed by atoms with Crippen molar-refractivity contribution in [3.63, 3.8) is 0 Å². The number of H-pyrrole nitrogens is 1. The predicted octanol–water partition coefficient (Wildman–Crippen LogP) is 3.57. The molecule has 1 N–H and O–H groups in total. The van der Waals surface area contributed by atoms with E-state index < -0.39 is 5.97 Å². The Morgan fingerprint density at radius 2 is 2.03 bits per heavy atom. The maximum Gasteiger partial charge on any atom is 0.359 e. The summed E-state index contributed by atoms with van der Waals surface area (Å²) in [7, 11) is 0. The van der Waals surface area contributed by atoms with Gasteiger partial charge >= 0.3 is 5.97 Å². The van der Waals surface area contributed by atoms with Gasteiger partial charge in [0, 0.05) is 53.9 Å². The van der Waals surface area contributed by atoms with E-state index in [1.54, 1.807) is 6.92 Å². The average Bonchev–Trinajstić information content (AvgIpc) is 3.36. The number of carbonyl (C=O) groups excluding carboxylic acids is 2. The molecule has 0 unspecified atom stereocenters. The second-order valence-electron chi connectivity index (χ2n) is 8.33. The molecule has 0 saturated heterocycles. The number of para-hydroxylation sites is 1. The zero-order valence-electron chi connectivity index (χ0n) is 18.1. The van der Waals surface area contributed by atoms with Crippen LogP contribution in [0, 0.1) is 0 Å². The Balaban J connectivity index is 1.46. The number of benzene rings is 1. The van der Waals surface area contributed by atoms with Crippen LogP contribution in [0.2, 0.25) is 0 Å². The minimum Gasteiger partial charge on any atom is -0.461 e. The summed E-state index contributed by atoms with van der Waals surface area (Å²) >= 11 is 0. The Hall–Kier alpha value is -3.09. The third-order valence-corrected chi connectivity index (χ3v) is 6.63. The highest BCUT2D eigenvalue weighted by Crippen LogP contribution is 2.38. The second kappa shape index (κ2) is 7.87. The summed E-state index contributed by atoms with van der Waals surface area (Å²) in [5, 5.41) is 5.72. The molecule has 2 aromatic heterocycles. The Morgan fingerprint density at radius 3 is 2.84 bits per heavy atom. The average molecular weight is 421 g/mol. The molecule has 5 rings (SSSR count). The second-order valence-corrected chi connectivity index (χ2v) is 8.33. The highest BCUT2D eigenvalue weighted by Gasteiger charge is 2.36. The molecule has 0 radical (unpaired) electrons. The predicted molar refractivity (Wildman–Crippen MR) is 117 cm³/mol. The molecule has 3 aromatic rings. The van der Waals surface area contributed by atoms with Gasteiger partial charge in [-0.2, -0.15) is 5.10 Å². The maximum atomic E-state index is 13.6. The molecule has 3 heterocycles. The van der Waals surface area contributed by atoms with E-state index >= 15 is 0 Å². The van der Waals surface area contributed by atoms with E-state index in [1.807, 2.05) is 22.6 Å². The van der Waals surface area contributed by atoms with Gasteiger partial charge in [-0.1, -0.05) is 18.2 Å². The molecule has 0 bridgehead atoms. The molecule has 1 atom stereocenters. The van der Waals surface area contributed by atoms with Crippen LogP contribution in [0.4, 0.5) is 0 Å². The van der Waals surface area contributed by atoms with Crippen molar-refractivity contribution in [2.75, 3.05) is 13.2 Å². The number of aromatic nitrogens is 3. The summed E-state index contributed by atoms with van der Waals surface area (Å²) in [4.78, 5) is 31.6. The lowest BCUT2D eigenvalue weighted by atomic mass is 9.85. The first-order valence-electron chi connectivity index (χ1n) is 11.3. The van der Waals surface area contributed by atoms with Gasteiger partial charge in [0.15, 0.2) is 5.69 Å². The normalized spacial score (nSPS) is 18.0. The van der Waals surface area contributed by atoms with Crippen molar-refractivity contribution >= 4 is 22.8 Å². The van der Waals surface area contributed by atoms with E-state index in [0.717, 1.165) is 41.7 Å². The number of rotatable bonds is 4. The summed E-state index contributed by atoms with van der Waals surface area (Å²) in [6.45, 7) is 5.86. The SMILES string of the molecule is CCOC(=O)c1nn(CC)c2c1CN(C(=O)[C@H]1CCCc3c1[nH]c1ccccc31)CC2. The van der Waals surface area contributed by atoms with E-state index in [4.69, 9.17) is 4.74 Å². The molecule has 162 valence electrons. The van der Waals surface area contributed by atoms with Crippen LogP contribution < -0.4 is 0 Å². The molecule has 1 aromatic carbocycles. The van der Waals surface area contributed by atoms with Gasteiger partial charge in [0.25, 0.3) is 0 Å². The molecule has 7 heteroatoms. The first-order chi connectivity index (χ1) is 15.1. The van der Waals surface area contributed by atoms with E-state index in [1.165, 1.54) is 10.9 Å². The number of hydrogen-bond acceptors (Lipinski definition) is 4. The molecule has 0 saturated carbocycles. The molecular weight excluding hydrogens is 392 g/mol. The molecular formula is C24H28N4O3. The number of ether oxygens (including phenoxy) is 1. The Bertz CT molecular complexity index is 1160. The van der Waals surface area contributed by atoms with Gasteiger partial charge in [0.2, 0.25) is 5.91 Å². The third-order valence-electron chi connectivity index (χ3n) is 6.63. The van der Waals surface area contributed by atoms with Crippen LogP contribution in [0.1, 0.15) is 65.6 Å². The zero-order valence-corrected chi connectivity index (χ0v) is 18.1. The van der Waals surface area contributed by atoms with Crippen LogP contribution in [0.5, 0.6) is 0 Å². The number of fused-ring (bicyclic) bond motifs is 4. The highest BCUT2D eigenvalue weighted by molar-refractivity contribution is 5.92. The Morgan fingerprint density at radius 1 is 1.19 bits per heavy atom. The molecule has 31 heavy (non-hydrogen) atoms. The van der Waals surface area contributed by atoms with E-state index in [2.05, 4.69) is 28.3 Å². The van der Waals surface area contributed by atoms with Crippen LogP contribution in [-0.4, -0.2) is 44.7 Å². The minimum absolute atomic E-state index is 0.136. The molecule has 0 fully saturated rings. The van der Waals surface area contributed by atoms with Crippen molar-refractivity contribution in [1.29, 1.82) is 0 Å². The lowest BCUT2D eigenvalue weighted by Gasteiger charge is -2.32. The standard InChI is InChI=1S/C24H28N4O3/c1-3-28-20-12-13-27(14-18(20)22(26-28)24(30)31-4-2)23(29)17-10-7-9-16-15-8-5-6-11-19(15)25-21(16)17/h5-6,8,11,17,25H,3-4,7,9-10,12-14H2,1-2H3/t17-/m0/s1. The number of aryl methyl sites for hydroxylation is 2. The summed E-state index contributed by atoms with van der Waals surface area (Å²) < 4.78 is 7.10. The van der Waals surface area contributed by atoms with E-state index in [0.29, 0.717) is 38.4 Å². The summed E-state index contributed by atoms with van der Waals surface area (Å²) in [6.07, 6.45) is 3.56. The lowest BCUT2D eigenvalue weighted by molar-refractivity contribution is -0.134. The Labute approximate surface area is 181 Å². The van der Waals surface area contributed by atoms with Gasteiger partial charge in [-0.3, -0.25) is 9.48 Å². The van der Waals surface area contributed by atoms with Crippen molar-refractivity contribution in [2.45, 2.75) is 58.5 Å². The topological polar surface area (TPSA) is 80.2 Å². The van der Waals surface area contributed by atoms with Crippen molar-refractivity contribution < 1.29 is 14.3 Å². The van der Waals surface area contributed by atoms with Crippen LogP contribution in [0.25, 0.3) is 10.9 Å². The van der Waals surface area contributed by atoms with Crippen molar-refractivity contribution in [3.8, 4) is 0 Å². The van der Waals surface area contributed by atoms with Crippen LogP contribution >= 0.6 is 0 Å². The molecule has 0 spiro atoms.